The minimum Gasteiger partial charge on any atom is -0.491 e. The summed E-state index contributed by atoms with van der Waals surface area (Å²) in [5.41, 5.74) is 10.8. The number of hydrogen-bond acceptors (Lipinski definition) is 3. The SMILES string of the molecule is Cc1ccc(F)c(OCCCCC(C)(N)C(N)=O)c1. The van der Waals surface area contributed by atoms with Gasteiger partial charge in [-0.2, -0.15) is 0 Å². The topological polar surface area (TPSA) is 78.3 Å². The first-order valence-corrected chi connectivity index (χ1v) is 6.30. The lowest BCUT2D eigenvalue weighted by Crippen LogP contribution is -2.49. The van der Waals surface area contributed by atoms with Gasteiger partial charge in [-0.25, -0.2) is 4.39 Å². The lowest BCUT2D eigenvalue weighted by atomic mass is 9.96. The molecule has 0 aliphatic rings. The lowest BCUT2D eigenvalue weighted by molar-refractivity contribution is -0.122. The molecule has 0 fully saturated rings. The van der Waals surface area contributed by atoms with Gasteiger partial charge in [-0.15, -0.1) is 0 Å². The fraction of sp³-hybridized carbons (Fsp3) is 0.500. The second kappa shape index (κ2) is 6.52. The zero-order valence-corrected chi connectivity index (χ0v) is 11.4. The number of halogens is 1. The van der Waals surface area contributed by atoms with E-state index in [0.29, 0.717) is 25.9 Å². The Labute approximate surface area is 112 Å². The van der Waals surface area contributed by atoms with E-state index in [0.717, 1.165) is 5.56 Å². The predicted octanol–water partition coefficient (Wildman–Crippen LogP) is 1.89. The van der Waals surface area contributed by atoms with Crippen LogP contribution in [0.3, 0.4) is 0 Å². The van der Waals surface area contributed by atoms with Crippen LogP contribution >= 0.6 is 0 Å². The van der Waals surface area contributed by atoms with Crippen LogP contribution in [0.1, 0.15) is 31.7 Å². The molecule has 0 aliphatic heterocycles. The molecule has 4 N–H and O–H groups in total. The van der Waals surface area contributed by atoms with Crippen molar-refractivity contribution in [2.75, 3.05) is 6.61 Å². The van der Waals surface area contributed by atoms with Gasteiger partial charge in [0.25, 0.3) is 0 Å². The van der Waals surface area contributed by atoms with Crippen LogP contribution < -0.4 is 16.2 Å². The Morgan fingerprint density at radius 1 is 1.42 bits per heavy atom. The first-order valence-electron chi connectivity index (χ1n) is 6.30. The van der Waals surface area contributed by atoms with Crippen molar-refractivity contribution in [3.05, 3.63) is 29.6 Å². The second-order valence-electron chi connectivity index (χ2n) is 5.02. The number of amides is 1. The predicted molar refractivity (Wildman–Crippen MR) is 72.3 cm³/mol. The van der Waals surface area contributed by atoms with Gasteiger partial charge in [0.1, 0.15) is 0 Å². The van der Waals surface area contributed by atoms with Crippen molar-refractivity contribution in [2.45, 2.75) is 38.6 Å². The van der Waals surface area contributed by atoms with Crippen LogP contribution in [0, 0.1) is 12.7 Å². The number of rotatable bonds is 7. The molecule has 1 rings (SSSR count). The third-order valence-electron chi connectivity index (χ3n) is 3.00. The van der Waals surface area contributed by atoms with Gasteiger partial charge in [0.15, 0.2) is 11.6 Å². The van der Waals surface area contributed by atoms with Gasteiger partial charge in [0.2, 0.25) is 5.91 Å². The van der Waals surface area contributed by atoms with Gasteiger partial charge >= 0.3 is 0 Å². The minimum atomic E-state index is -0.991. The molecule has 0 bridgehead atoms. The normalized spacial score (nSPS) is 13.9. The summed E-state index contributed by atoms with van der Waals surface area (Å²) in [6, 6.07) is 4.73. The summed E-state index contributed by atoms with van der Waals surface area (Å²) in [6.07, 6.45) is 1.87. The van der Waals surface area contributed by atoms with Gasteiger partial charge in [-0.1, -0.05) is 6.07 Å². The van der Waals surface area contributed by atoms with Crippen molar-refractivity contribution in [2.24, 2.45) is 11.5 Å². The van der Waals surface area contributed by atoms with Gasteiger partial charge in [-0.05, 0) is 50.8 Å². The first kappa shape index (κ1) is 15.4. The van der Waals surface area contributed by atoms with Crippen LogP contribution in [0.5, 0.6) is 5.75 Å². The summed E-state index contributed by atoms with van der Waals surface area (Å²) in [4.78, 5) is 11.0. The van der Waals surface area contributed by atoms with E-state index in [4.69, 9.17) is 16.2 Å². The van der Waals surface area contributed by atoms with E-state index in [1.165, 1.54) is 6.07 Å². The lowest BCUT2D eigenvalue weighted by Gasteiger charge is -2.19. The summed E-state index contributed by atoms with van der Waals surface area (Å²) in [5.74, 6) is -0.630. The maximum atomic E-state index is 13.4. The minimum absolute atomic E-state index is 0.255. The molecular weight excluding hydrogens is 247 g/mol. The third kappa shape index (κ3) is 4.87. The molecule has 0 saturated carbocycles. The second-order valence-corrected chi connectivity index (χ2v) is 5.02. The van der Waals surface area contributed by atoms with Crippen molar-refractivity contribution in [1.29, 1.82) is 0 Å². The number of hydrogen-bond donors (Lipinski definition) is 2. The van der Waals surface area contributed by atoms with Crippen molar-refractivity contribution < 1.29 is 13.9 Å². The van der Waals surface area contributed by atoms with Crippen LogP contribution in [0.25, 0.3) is 0 Å². The van der Waals surface area contributed by atoms with E-state index in [9.17, 15) is 9.18 Å². The van der Waals surface area contributed by atoms with E-state index in [-0.39, 0.29) is 11.6 Å². The van der Waals surface area contributed by atoms with E-state index in [1.807, 2.05) is 6.92 Å². The number of carbonyl (C=O) groups excluding carboxylic acids is 1. The highest BCUT2D eigenvalue weighted by Gasteiger charge is 2.24. The first-order chi connectivity index (χ1) is 8.83. The number of primary amides is 1. The monoisotopic (exact) mass is 268 g/mol. The van der Waals surface area contributed by atoms with E-state index in [1.54, 1.807) is 19.1 Å². The van der Waals surface area contributed by atoms with Crippen LogP contribution in [0.4, 0.5) is 4.39 Å². The highest BCUT2D eigenvalue weighted by molar-refractivity contribution is 5.83. The average Bonchev–Trinajstić information content (AvgIpc) is 2.32. The highest BCUT2D eigenvalue weighted by atomic mass is 19.1. The summed E-state index contributed by atoms with van der Waals surface area (Å²) in [5, 5.41) is 0. The molecule has 0 radical (unpaired) electrons. The van der Waals surface area contributed by atoms with Crippen molar-refractivity contribution in [3.8, 4) is 5.75 Å². The number of ether oxygens (including phenoxy) is 1. The van der Waals surface area contributed by atoms with Gasteiger partial charge in [-0.3, -0.25) is 4.79 Å². The summed E-state index contributed by atoms with van der Waals surface area (Å²) < 4.78 is 18.7. The molecule has 5 heteroatoms. The molecule has 0 spiro atoms. The Bertz CT molecular complexity index is 447. The molecule has 0 saturated heterocycles. The zero-order chi connectivity index (χ0) is 14.5. The molecule has 1 aromatic rings. The van der Waals surface area contributed by atoms with Gasteiger partial charge < -0.3 is 16.2 Å². The third-order valence-corrected chi connectivity index (χ3v) is 3.00. The van der Waals surface area contributed by atoms with Crippen molar-refractivity contribution in [3.63, 3.8) is 0 Å². The Hall–Kier alpha value is -1.62. The van der Waals surface area contributed by atoms with Crippen LogP contribution in [0.2, 0.25) is 0 Å². The molecule has 1 amide bonds. The smallest absolute Gasteiger partial charge is 0.237 e. The molecular formula is C14H21FN2O2. The zero-order valence-electron chi connectivity index (χ0n) is 11.4. The fourth-order valence-corrected chi connectivity index (χ4v) is 1.62. The molecule has 4 nitrogen and oxygen atoms in total. The quantitative estimate of drug-likeness (QED) is 0.741. The van der Waals surface area contributed by atoms with Gasteiger partial charge in [0, 0.05) is 0 Å². The number of aryl methyl sites for hydroxylation is 1. The molecule has 1 atom stereocenters. The largest absolute Gasteiger partial charge is 0.491 e. The van der Waals surface area contributed by atoms with E-state index >= 15 is 0 Å². The molecule has 106 valence electrons. The Morgan fingerprint density at radius 2 is 2.11 bits per heavy atom. The standard InChI is InChI=1S/C14H21FN2O2/c1-10-5-6-11(15)12(9-10)19-8-4-3-7-14(2,17)13(16)18/h5-6,9H,3-4,7-8,17H2,1-2H3,(H2,16,18). The Morgan fingerprint density at radius 3 is 2.74 bits per heavy atom. The van der Waals surface area contributed by atoms with E-state index < -0.39 is 11.4 Å². The Balaban J connectivity index is 2.32. The number of benzene rings is 1. The van der Waals surface area contributed by atoms with Crippen molar-refractivity contribution in [1.82, 2.24) is 0 Å². The molecule has 0 aliphatic carbocycles. The number of unbranched alkanes of at least 4 members (excludes halogenated alkanes) is 1. The summed E-state index contributed by atoms with van der Waals surface area (Å²) >= 11 is 0. The van der Waals surface area contributed by atoms with Crippen LogP contribution in [-0.2, 0) is 4.79 Å². The number of carbonyl (C=O) groups is 1. The molecule has 0 heterocycles. The number of nitrogens with two attached hydrogens (primary N) is 2. The molecule has 1 unspecified atom stereocenters. The van der Waals surface area contributed by atoms with Crippen molar-refractivity contribution >= 4 is 5.91 Å². The molecule has 1 aromatic carbocycles. The van der Waals surface area contributed by atoms with E-state index in [2.05, 4.69) is 0 Å². The highest BCUT2D eigenvalue weighted by Crippen LogP contribution is 2.19. The molecule has 0 aromatic heterocycles. The Kier molecular flexibility index (Phi) is 5.30. The fourth-order valence-electron chi connectivity index (χ4n) is 1.62. The maximum Gasteiger partial charge on any atom is 0.237 e. The summed E-state index contributed by atoms with van der Waals surface area (Å²) in [7, 11) is 0. The average molecular weight is 268 g/mol. The maximum absolute atomic E-state index is 13.4. The van der Waals surface area contributed by atoms with Gasteiger partial charge in [0.05, 0.1) is 12.1 Å². The van der Waals surface area contributed by atoms with Crippen LogP contribution in [-0.4, -0.2) is 18.1 Å². The summed E-state index contributed by atoms with van der Waals surface area (Å²) in [6.45, 7) is 3.87. The van der Waals surface area contributed by atoms with Crippen LogP contribution in [0.15, 0.2) is 18.2 Å². The molecule has 19 heavy (non-hydrogen) atoms.